The Bertz CT molecular complexity index is 735. The van der Waals surface area contributed by atoms with Crippen molar-refractivity contribution in [2.45, 2.75) is 65.2 Å². The second-order valence-corrected chi connectivity index (χ2v) is 11.9. The molecule has 1 N–H and O–H groups in total. The number of esters is 1. The fourth-order valence-electron chi connectivity index (χ4n) is 4.15. The van der Waals surface area contributed by atoms with E-state index >= 15 is 0 Å². The number of methoxy groups -OCH3 is 1. The van der Waals surface area contributed by atoms with Gasteiger partial charge in [0.1, 0.15) is 5.75 Å². The number of benzene rings is 1. The fourth-order valence-corrected chi connectivity index (χ4v) is 5.51. The van der Waals surface area contributed by atoms with Gasteiger partial charge >= 0.3 is 14.6 Å². The van der Waals surface area contributed by atoms with Crippen molar-refractivity contribution < 1.29 is 28.2 Å². The third-order valence-corrected chi connectivity index (χ3v) is 6.93. The molecule has 1 atom stereocenters. The highest BCUT2D eigenvalue weighted by Crippen LogP contribution is 2.55. The molecule has 3 saturated heterocycles. The maximum absolute atomic E-state index is 12.7. The second kappa shape index (κ2) is 8.38. The van der Waals surface area contributed by atoms with Gasteiger partial charge in [-0.05, 0) is 40.4 Å². The van der Waals surface area contributed by atoms with Crippen LogP contribution in [-0.2, 0) is 40.4 Å². The molecule has 0 radical (unpaired) electrons. The van der Waals surface area contributed by atoms with Crippen LogP contribution in [0.25, 0.3) is 0 Å². The topological polar surface area (TPSA) is 74.2 Å². The van der Waals surface area contributed by atoms with Gasteiger partial charge in [-0.15, -0.1) is 0 Å². The summed E-state index contributed by atoms with van der Waals surface area (Å²) in [5.41, 5.74) is 2.03. The average molecular weight is 439 g/mol. The smallest absolute Gasteiger partial charge is 0.332 e. The SMILES string of the molecule is COC(=O)C(Cc1cc(C(C)(C)C)c(O)c(C(C)(C)C)c1)CC12COP(OC1)OC2. The van der Waals surface area contributed by atoms with Crippen LogP contribution in [0.2, 0.25) is 0 Å². The molecule has 3 heterocycles. The Hall–Kier alpha value is -1.20. The molecule has 2 bridgehead atoms. The number of ether oxygens (including phenoxy) is 1. The van der Waals surface area contributed by atoms with Crippen LogP contribution in [0.5, 0.6) is 5.75 Å². The van der Waals surface area contributed by atoms with Gasteiger partial charge in [-0.2, -0.15) is 0 Å². The molecule has 1 aromatic rings. The summed E-state index contributed by atoms with van der Waals surface area (Å²) in [4.78, 5) is 12.7. The summed E-state index contributed by atoms with van der Waals surface area (Å²) in [6, 6.07) is 4.06. The molecule has 3 aliphatic rings. The predicted octanol–water partition coefficient (Wildman–Crippen LogP) is 5.00. The van der Waals surface area contributed by atoms with Crippen LogP contribution in [0.3, 0.4) is 0 Å². The van der Waals surface area contributed by atoms with Gasteiger partial charge in [0.25, 0.3) is 0 Å². The molecular formula is C23H35O6P. The minimum absolute atomic E-state index is 0.223. The fraction of sp³-hybridized carbons (Fsp3) is 0.696. The highest BCUT2D eigenvalue weighted by molar-refractivity contribution is 7.41. The number of rotatable bonds is 5. The standard InChI is InChI=1S/C23H35O6P/c1-21(2,3)17-9-15(10-18(19(17)24)22(4,5)6)8-16(20(25)26-7)11-23-12-27-30(28-13-23)29-14-23/h9-10,16,24H,8,11-14H2,1-7H3. The number of phenols is 1. The first-order chi connectivity index (χ1) is 13.8. The highest BCUT2D eigenvalue weighted by Gasteiger charge is 2.47. The lowest BCUT2D eigenvalue weighted by Gasteiger charge is -2.45. The van der Waals surface area contributed by atoms with Crippen LogP contribution in [0.15, 0.2) is 12.1 Å². The molecular weight excluding hydrogens is 403 g/mol. The molecule has 0 aromatic heterocycles. The Labute approximate surface area is 181 Å². The van der Waals surface area contributed by atoms with Crippen LogP contribution < -0.4 is 0 Å². The molecule has 0 aliphatic carbocycles. The van der Waals surface area contributed by atoms with Crippen LogP contribution in [0.1, 0.15) is 64.7 Å². The average Bonchev–Trinajstić information content (AvgIpc) is 2.67. The second-order valence-electron chi connectivity index (χ2n) is 10.7. The largest absolute Gasteiger partial charge is 0.507 e. The first kappa shape index (κ1) is 23.5. The van der Waals surface area contributed by atoms with Crippen molar-refractivity contribution in [1.82, 2.24) is 0 Å². The number of phenolic OH excluding ortho intramolecular Hbond substituents is 1. The maximum atomic E-state index is 12.7. The van der Waals surface area contributed by atoms with E-state index in [2.05, 4.69) is 41.5 Å². The molecule has 1 aromatic carbocycles. The van der Waals surface area contributed by atoms with E-state index in [1.54, 1.807) is 0 Å². The van der Waals surface area contributed by atoms with Crippen LogP contribution in [-0.4, -0.2) is 38.0 Å². The van der Waals surface area contributed by atoms with Crippen molar-refractivity contribution in [3.63, 3.8) is 0 Å². The van der Waals surface area contributed by atoms with Gasteiger partial charge in [0.15, 0.2) is 0 Å². The van der Waals surface area contributed by atoms with Crippen LogP contribution in [0.4, 0.5) is 0 Å². The molecule has 3 aliphatic heterocycles. The molecule has 0 saturated carbocycles. The molecule has 1 unspecified atom stereocenters. The molecule has 4 rings (SSSR count). The Morgan fingerprint density at radius 2 is 1.53 bits per heavy atom. The van der Waals surface area contributed by atoms with E-state index in [-0.39, 0.29) is 28.1 Å². The monoisotopic (exact) mass is 438 g/mol. The third kappa shape index (κ3) is 4.99. The van der Waals surface area contributed by atoms with E-state index in [1.807, 2.05) is 12.1 Å². The number of aromatic hydroxyl groups is 1. The van der Waals surface area contributed by atoms with Crippen molar-refractivity contribution in [3.05, 3.63) is 28.8 Å². The summed E-state index contributed by atoms with van der Waals surface area (Å²) in [6.45, 7) is 14.2. The Morgan fingerprint density at radius 3 is 1.93 bits per heavy atom. The van der Waals surface area contributed by atoms with Gasteiger partial charge in [-0.1, -0.05) is 53.7 Å². The highest BCUT2D eigenvalue weighted by atomic mass is 31.2. The zero-order chi connectivity index (χ0) is 22.3. The van der Waals surface area contributed by atoms with E-state index in [0.29, 0.717) is 38.4 Å². The van der Waals surface area contributed by atoms with Gasteiger partial charge in [0.2, 0.25) is 0 Å². The van der Waals surface area contributed by atoms with E-state index < -0.39 is 8.60 Å². The first-order valence-electron chi connectivity index (χ1n) is 10.5. The Balaban J connectivity index is 1.95. The summed E-state index contributed by atoms with van der Waals surface area (Å²) >= 11 is 0. The van der Waals surface area contributed by atoms with Crippen molar-refractivity contribution in [3.8, 4) is 5.75 Å². The first-order valence-corrected chi connectivity index (χ1v) is 11.6. The summed E-state index contributed by atoms with van der Waals surface area (Å²) in [5, 5.41) is 11.0. The number of hydrogen-bond donors (Lipinski definition) is 1. The van der Waals surface area contributed by atoms with Crippen molar-refractivity contribution in [2.24, 2.45) is 11.3 Å². The molecule has 168 valence electrons. The van der Waals surface area contributed by atoms with E-state index in [1.165, 1.54) is 7.11 Å². The van der Waals surface area contributed by atoms with Crippen LogP contribution >= 0.6 is 8.60 Å². The van der Waals surface area contributed by atoms with Gasteiger partial charge in [0.05, 0.1) is 32.8 Å². The number of hydrogen-bond acceptors (Lipinski definition) is 6. The lowest BCUT2D eigenvalue weighted by molar-refractivity contribution is -0.149. The van der Waals surface area contributed by atoms with Crippen molar-refractivity contribution in [1.29, 1.82) is 0 Å². The maximum Gasteiger partial charge on any atom is 0.332 e. The Kier molecular flexibility index (Phi) is 6.56. The number of fused-ring (bicyclic) bond motifs is 3. The molecule has 7 heteroatoms. The van der Waals surface area contributed by atoms with Gasteiger partial charge in [-0.25, -0.2) is 0 Å². The minimum atomic E-state index is -1.21. The Morgan fingerprint density at radius 1 is 1.07 bits per heavy atom. The third-order valence-electron chi connectivity index (χ3n) is 5.91. The normalized spacial score (nSPS) is 25.2. The number of carbonyl (C=O) groups is 1. The lowest BCUT2D eigenvalue weighted by Crippen LogP contribution is -2.46. The van der Waals surface area contributed by atoms with E-state index in [9.17, 15) is 9.90 Å². The predicted molar refractivity (Wildman–Crippen MR) is 117 cm³/mol. The zero-order valence-electron chi connectivity index (χ0n) is 19.2. The van der Waals surface area contributed by atoms with Gasteiger partial charge in [0, 0.05) is 5.41 Å². The van der Waals surface area contributed by atoms with Crippen LogP contribution in [0, 0.1) is 11.3 Å². The summed E-state index contributed by atoms with van der Waals surface area (Å²) in [5.74, 6) is -0.251. The molecule has 3 fully saturated rings. The lowest BCUT2D eigenvalue weighted by atomic mass is 9.75. The molecule has 0 spiro atoms. The van der Waals surface area contributed by atoms with Crippen molar-refractivity contribution in [2.75, 3.05) is 26.9 Å². The summed E-state index contributed by atoms with van der Waals surface area (Å²) in [6.07, 6.45) is 1.09. The van der Waals surface area contributed by atoms with Gasteiger partial charge < -0.3 is 23.4 Å². The van der Waals surface area contributed by atoms with E-state index in [0.717, 1.165) is 16.7 Å². The van der Waals surface area contributed by atoms with Gasteiger partial charge in [-0.3, -0.25) is 4.79 Å². The molecule has 0 amide bonds. The quantitative estimate of drug-likeness (QED) is 0.515. The zero-order valence-corrected chi connectivity index (χ0v) is 20.1. The summed E-state index contributed by atoms with van der Waals surface area (Å²) in [7, 11) is 0.216. The molecule has 6 nitrogen and oxygen atoms in total. The van der Waals surface area contributed by atoms with Crippen molar-refractivity contribution >= 4 is 14.6 Å². The summed E-state index contributed by atoms with van der Waals surface area (Å²) < 4.78 is 22.0. The molecule has 30 heavy (non-hydrogen) atoms. The number of carbonyl (C=O) groups excluding carboxylic acids is 1. The minimum Gasteiger partial charge on any atom is -0.507 e. The van der Waals surface area contributed by atoms with E-state index in [4.69, 9.17) is 18.3 Å².